The lowest BCUT2D eigenvalue weighted by Crippen LogP contribution is -2.61. The fourth-order valence-electron chi connectivity index (χ4n) is 15.1. The van der Waals surface area contributed by atoms with E-state index in [1.54, 1.807) is 50.8 Å². The average Bonchev–Trinajstić information content (AvgIpc) is 1.58. The number of nitrogens with one attached hydrogen (secondary N) is 4. The summed E-state index contributed by atoms with van der Waals surface area (Å²) in [5, 5.41) is 41.9. The van der Waals surface area contributed by atoms with Crippen LogP contribution in [0.2, 0.25) is 0 Å². The highest BCUT2D eigenvalue weighted by molar-refractivity contribution is 6.07. The summed E-state index contributed by atoms with van der Waals surface area (Å²) in [5.41, 5.74) is 12.5. The maximum atomic E-state index is 12.8. The monoisotopic (exact) mass is 1270 g/mol. The number of nitrogens with two attached hydrogens (primary N) is 1. The third-order valence-corrected chi connectivity index (χ3v) is 20.2. The van der Waals surface area contributed by atoms with Crippen LogP contribution in [0.1, 0.15) is 171 Å². The molecule has 0 aliphatic carbocycles. The van der Waals surface area contributed by atoms with E-state index in [9.17, 15) is 58.6 Å². The molecular weight excluding hydrogens is 1180 g/mol. The third-order valence-electron chi connectivity index (χ3n) is 20.2. The zero-order valence-electron chi connectivity index (χ0n) is 54.1. The van der Waals surface area contributed by atoms with Crippen molar-refractivity contribution >= 4 is 65.1 Å². The number of benzene rings is 3. The quantitative estimate of drug-likeness (QED) is 0.0420. The minimum atomic E-state index is -0.740. The summed E-state index contributed by atoms with van der Waals surface area (Å²) in [4.78, 5) is 122. The molecule has 3 aromatic carbocycles. The number of phenolic OH excluding ortho intramolecular Hbond substituents is 2. The number of carbonyl (C=O) groups excluding carboxylic acids is 9. The van der Waals surface area contributed by atoms with Gasteiger partial charge in [0.05, 0.1) is 11.4 Å². The minimum Gasteiger partial charge on any atom is -0.507 e. The van der Waals surface area contributed by atoms with Crippen molar-refractivity contribution in [1.29, 1.82) is 0 Å². The van der Waals surface area contributed by atoms with E-state index in [1.165, 1.54) is 6.21 Å². The highest BCUT2D eigenvalue weighted by Crippen LogP contribution is 2.53. The van der Waals surface area contributed by atoms with Crippen LogP contribution in [0.15, 0.2) is 41.4 Å². The standard InChI is InChI=1S/C22H30N2O4.C18H19N3O4.C16H20N2O3.C12H20N4O2/c1-11-12(2)19-17(13(3)18(11)25)14(22(4,5)28-19)8-9-15-21(27)24-10-6-7-16(24)20(26)23-15;22-16-12-5-2-1-4-11(12)10-21(25)14(16)8-7-13-18(24)20-9-3-6-15(20)17(23)19-13;1-9-6-11(7-10(2)14(9)19)8-12-16(21)18-5-3-4-13(18)15(20)17-12;1-8(13)14-6-2-4-9-12(18)16-7-3-5-10(16)11(17)15-9/h14-16,25H,6-10H2,1-5H3,(H,23,26);1-2,4-5,10,13-15H,3,6-9H2,(H-,19,22,23,25);6-7,12-13,19H,3-5,8H2,1-2H3,(H,17,20);9-10H,2-7H2,1H3,(H2,13,14)(H,15,17)/p+1/t14?,15-,16-;13-,14?,15-;12-,13-;9-,10-/m0000/s1. The van der Waals surface area contributed by atoms with Crippen molar-refractivity contribution in [3.05, 3.63) is 86.5 Å². The molecule has 10 atom stereocenters. The fourth-order valence-corrected chi connectivity index (χ4v) is 15.1. The molecule has 2 unspecified atom stereocenters. The first-order chi connectivity index (χ1) is 43.8. The van der Waals surface area contributed by atoms with Gasteiger partial charge in [0.15, 0.2) is 0 Å². The highest BCUT2D eigenvalue weighted by atomic mass is 16.5. The number of aryl methyl sites for hydroxylation is 2. The molecule has 0 spiro atoms. The van der Waals surface area contributed by atoms with Gasteiger partial charge < -0.3 is 61.6 Å². The van der Waals surface area contributed by atoms with Crippen molar-refractivity contribution in [1.82, 2.24) is 40.9 Å². The SMILES string of the molecule is CC(N)=NCCC[C@@H]1NC(=O)[C@@H]2CCCN2C1=O.Cc1c(C)c2c(c(C)c1O)C(CC[C@@H]1NC(=O)[C@@H]3CCCN3C1=O)C(C)(C)O2.Cc1cc(C[C@@H]2NC(=O)[C@@H]3CCCN3C2=O)cc(C)c1O.O=C1c2ccccc2C=[N+](O)C1CC[C@@H]1NC(=O)[C@@H]2CCCN2C1=O. The number of Topliss-reactive ketones (excluding diaryl/α,β-unsaturated/α-hetero) is 1. The Labute approximate surface area is 536 Å². The molecule has 494 valence electrons. The van der Waals surface area contributed by atoms with Gasteiger partial charge in [-0.3, -0.25) is 53.4 Å². The summed E-state index contributed by atoms with van der Waals surface area (Å²) >= 11 is 0. The summed E-state index contributed by atoms with van der Waals surface area (Å²) in [6.07, 6.45) is 11.8. The van der Waals surface area contributed by atoms with Gasteiger partial charge in [-0.15, -0.1) is 0 Å². The number of hydrogen-bond donors (Lipinski definition) is 8. The van der Waals surface area contributed by atoms with Gasteiger partial charge >= 0.3 is 0 Å². The van der Waals surface area contributed by atoms with Gasteiger partial charge in [-0.1, -0.05) is 30.3 Å². The normalized spacial score (nSPS) is 27.5. The third kappa shape index (κ3) is 13.4. The lowest BCUT2D eigenvalue weighted by molar-refractivity contribution is -0.786. The Morgan fingerprint density at radius 2 is 1.05 bits per heavy atom. The van der Waals surface area contributed by atoms with Crippen molar-refractivity contribution in [2.24, 2.45) is 10.7 Å². The Hall–Kier alpha value is -8.57. The summed E-state index contributed by atoms with van der Waals surface area (Å²) in [7, 11) is 0. The number of hydroxylamine groups is 1. The Bertz CT molecular complexity index is 3500. The van der Waals surface area contributed by atoms with Crippen molar-refractivity contribution in [2.45, 2.75) is 218 Å². The van der Waals surface area contributed by atoms with Crippen LogP contribution in [-0.4, -0.2) is 198 Å². The van der Waals surface area contributed by atoms with E-state index in [0.29, 0.717) is 94.0 Å². The molecule has 8 saturated heterocycles. The van der Waals surface area contributed by atoms with Crippen molar-refractivity contribution in [3.63, 3.8) is 0 Å². The minimum absolute atomic E-state index is 0.00407. The molecule has 0 radical (unpaired) electrons. The number of aliphatic imine (C=N–C) groups is 1. The van der Waals surface area contributed by atoms with E-state index < -0.39 is 29.8 Å². The first-order valence-corrected chi connectivity index (χ1v) is 32.7. The van der Waals surface area contributed by atoms with E-state index in [1.807, 2.05) is 46.8 Å². The molecule has 10 aliphatic rings. The number of rotatable bonds is 12. The van der Waals surface area contributed by atoms with E-state index >= 15 is 0 Å². The number of piperazine rings is 4. The lowest BCUT2D eigenvalue weighted by atomic mass is 9.79. The second kappa shape index (κ2) is 27.3. The highest BCUT2D eigenvalue weighted by Gasteiger charge is 2.49. The largest absolute Gasteiger partial charge is 0.507 e. The smallest absolute Gasteiger partial charge is 0.264 e. The Balaban J connectivity index is 0.000000136. The Morgan fingerprint density at radius 3 is 1.54 bits per heavy atom. The van der Waals surface area contributed by atoms with Crippen LogP contribution in [0.5, 0.6) is 17.2 Å². The first-order valence-electron chi connectivity index (χ1n) is 32.7. The summed E-state index contributed by atoms with van der Waals surface area (Å²) in [6.45, 7) is 18.6. The van der Waals surface area contributed by atoms with Gasteiger partial charge in [-0.2, -0.15) is 0 Å². The number of amidine groups is 1. The molecule has 9 N–H and O–H groups in total. The molecule has 10 heterocycles. The number of ether oxygens (including phenoxy) is 1. The average molecular weight is 1270 g/mol. The molecular formula is C68H90N11O13+. The number of carbonyl (C=O) groups is 9. The second-order valence-corrected chi connectivity index (χ2v) is 26.8. The van der Waals surface area contributed by atoms with Crippen molar-refractivity contribution in [2.75, 3.05) is 32.7 Å². The predicted octanol–water partition coefficient (Wildman–Crippen LogP) is 3.86. The van der Waals surface area contributed by atoms with Gasteiger partial charge in [-0.25, -0.2) is 0 Å². The van der Waals surface area contributed by atoms with E-state index in [2.05, 4.69) is 40.1 Å². The van der Waals surface area contributed by atoms with Gasteiger partial charge in [0.2, 0.25) is 59.3 Å². The molecule has 10 aliphatic heterocycles. The predicted molar refractivity (Wildman–Crippen MR) is 339 cm³/mol. The molecule has 3 aromatic rings. The number of hydrogen-bond acceptors (Lipinski definition) is 14. The number of ketones is 1. The lowest BCUT2D eigenvalue weighted by Gasteiger charge is -2.35. The maximum absolute atomic E-state index is 12.8. The molecule has 8 amide bonds. The zero-order chi connectivity index (χ0) is 66.2. The Kier molecular flexibility index (Phi) is 19.7. The van der Waals surface area contributed by atoms with Gasteiger partial charge in [-0.05, 0) is 183 Å². The number of aromatic hydroxyl groups is 2. The van der Waals surface area contributed by atoms with Crippen LogP contribution in [0.4, 0.5) is 0 Å². The van der Waals surface area contributed by atoms with Crippen LogP contribution in [-0.2, 0) is 44.8 Å². The van der Waals surface area contributed by atoms with Crippen LogP contribution in [0.25, 0.3) is 0 Å². The first kappa shape index (κ1) is 66.4. The summed E-state index contributed by atoms with van der Waals surface area (Å²) < 4.78 is 7.23. The second-order valence-electron chi connectivity index (χ2n) is 26.8. The van der Waals surface area contributed by atoms with Crippen molar-refractivity contribution < 1.29 is 68.0 Å². The van der Waals surface area contributed by atoms with Crippen LogP contribution in [0.3, 0.4) is 0 Å². The molecule has 8 fully saturated rings. The van der Waals surface area contributed by atoms with Crippen LogP contribution < -0.4 is 31.7 Å². The van der Waals surface area contributed by atoms with E-state index in [0.717, 1.165) is 101 Å². The molecule has 24 heteroatoms. The number of amides is 8. The van der Waals surface area contributed by atoms with Crippen LogP contribution in [0, 0.1) is 34.6 Å². The molecule has 0 bridgehead atoms. The summed E-state index contributed by atoms with van der Waals surface area (Å²) in [6, 6.07) is 7.03. The molecule has 13 rings (SSSR count). The van der Waals surface area contributed by atoms with E-state index in [-0.39, 0.29) is 101 Å². The van der Waals surface area contributed by atoms with Gasteiger partial charge in [0.1, 0.15) is 71.2 Å². The Morgan fingerprint density at radius 1 is 0.609 bits per heavy atom. The molecule has 0 aromatic heterocycles. The number of fused-ring (bicyclic) bond motifs is 6. The molecule has 0 saturated carbocycles. The van der Waals surface area contributed by atoms with Crippen molar-refractivity contribution in [3.8, 4) is 17.2 Å². The molecule has 24 nitrogen and oxygen atoms in total. The fraction of sp³-hybridized carbons (Fsp3) is 0.574. The maximum Gasteiger partial charge on any atom is 0.264 e. The van der Waals surface area contributed by atoms with Crippen LogP contribution >= 0.6 is 0 Å². The number of nitrogens with zero attached hydrogens (tertiary/aromatic N) is 6. The zero-order valence-corrected chi connectivity index (χ0v) is 54.1. The van der Waals surface area contributed by atoms with E-state index in [4.69, 9.17) is 10.5 Å². The molecule has 92 heavy (non-hydrogen) atoms. The topological polar surface area (TPSA) is 326 Å². The van der Waals surface area contributed by atoms with Gasteiger partial charge in [0, 0.05) is 62.6 Å². The summed E-state index contributed by atoms with van der Waals surface area (Å²) in [5.74, 6) is 1.75. The van der Waals surface area contributed by atoms with Gasteiger partial charge in [0.25, 0.3) is 6.04 Å². The number of phenols is 2.